The predicted octanol–water partition coefficient (Wildman–Crippen LogP) is 3.31. The Labute approximate surface area is 187 Å². The van der Waals surface area contributed by atoms with Crippen molar-refractivity contribution in [3.8, 4) is 0 Å². The zero-order valence-electron chi connectivity index (χ0n) is 18.4. The van der Waals surface area contributed by atoms with E-state index in [-0.39, 0.29) is 17.2 Å². The first-order valence-corrected chi connectivity index (χ1v) is 12.0. The molecule has 2 aromatic rings. The number of H-pyrrole nitrogens is 1. The van der Waals surface area contributed by atoms with Gasteiger partial charge in [0.1, 0.15) is 11.5 Å². The summed E-state index contributed by atoms with van der Waals surface area (Å²) in [5.41, 5.74) is 2.04. The Morgan fingerprint density at radius 3 is 2.53 bits per heavy atom. The number of carbonyl (C=O) groups excluding carboxylic acids is 2. The van der Waals surface area contributed by atoms with Gasteiger partial charge in [0.05, 0.1) is 17.1 Å². The molecule has 1 aromatic heterocycles. The fourth-order valence-corrected chi connectivity index (χ4v) is 4.66. The van der Waals surface area contributed by atoms with Crippen LogP contribution in [-0.2, 0) is 14.8 Å². The van der Waals surface area contributed by atoms with Crippen molar-refractivity contribution in [3.05, 3.63) is 46.8 Å². The third-order valence-electron chi connectivity index (χ3n) is 5.19. The lowest BCUT2D eigenvalue weighted by molar-refractivity contribution is 0.0525. The number of ether oxygens (including phenoxy) is 1. The van der Waals surface area contributed by atoms with Crippen molar-refractivity contribution in [1.82, 2.24) is 9.71 Å². The number of hydrogen-bond acceptors (Lipinski definition) is 6. The topological polar surface area (TPSA) is 130 Å². The molecule has 3 N–H and O–H groups in total. The first kappa shape index (κ1) is 23.5. The highest BCUT2D eigenvalue weighted by atomic mass is 32.2. The summed E-state index contributed by atoms with van der Waals surface area (Å²) in [6.45, 7) is 5.94. The SMILES string of the molecule is CCOC(=O)c1c(C)[nH]c(C(=O)Nc2ccc(S(=O)(=O)NC3=NCCCCC3)cc2)c1C. The van der Waals surface area contributed by atoms with Crippen molar-refractivity contribution in [2.45, 2.75) is 51.3 Å². The average molecular weight is 461 g/mol. The van der Waals surface area contributed by atoms with Gasteiger partial charge in [-0.15, -0.1) is 0 Å². The number of sulfonamides is 1. The predicted molar refractivity (Wildman–Crippen MR) is 122 cm³/mol. The van der Waals surface area contributed by atoms with Crippen LogP contribution in [0.15, 0.2) is 34.2 Å². The minimum absolute atomic E-state index is 0.0824. The van der Waals surface area contributed by atoms with Gasteiger partial charge in [-0.25, -0.2) is 13.2 Å². The highest BCUT2D eigenvalue weighted by molar-refractivity contribution is 7.90. The number of rotatable bonds is 6. The number of aryl methyl sites for hydroxylation is 1. The highest BCUT2D eigenvalue weighted by Crippen LogP contribution is 2.21. The van der Waals surface area contributed by atoms with Crippen LogP contribution < -0.4 is 10.0 Å². The zero-order chi connectivity index (χ0) is 23.3. The van der Waals surface area contributed by atoms with Gasteiger partial charge in [-0.05, 0) is 63.4 Å². The number of carbonyl (C=O) groups is 2. The zero-order valence-corrected chi connectivity index (χ0v) is 19.3. The molecule has 0 bridgehead atoms. The summed E-state index contributed by atoms with van der Waals surface area (Å²) < 4.78 is 32.9. The number of aliphatic imine (C=N–C) groups is 1. The summed E-state index contributed by atoms with van der Waals surface area (Å²) in [6, 6.07) is 5.87. The maximum absolute atomic E-state index is 12.7. The van der Waals surface area contributed by atoms with Crippen LogP contribution in [0.1, 0.15) is 64.7 Å². The van der Waals surface area contributed by atoms with E-state index in [2.05, 4.69) is 20.0 Å². The Kier molecular flexibility index (Phi) is 7.34. The second kappa shape index (κ2) is 9.99. The summed E-state index contributed by atoms with van der Waals surface area (Å²) in [5, 5.41) is 2.72. The van der Waals surface area contributed by atoms with Crippen LogP contribution in [0.3, 0.4) is 0 Å². The van der Waals surface area contributed by atoms with Gasteiger partial charge in [0.2, 0.25) is 0 Å². The number of amidine groups is 1. The van der Waals surface area contributed by atoms with Crippen molar-refractivity contribution >= 4 is 33.4 Å². The highest BCUT2D eigenvalue weighted by Gasteiger charge is 2.23. The Morgan fingerprint density at radius 1 is 1.12 bits per heavy atom. The Bertz CT molecular complexity index is 1130. The van der Waals surface area contributed by atoms with E-state index in [1.165, 1.54) is 24.3 Å². The molecule has 10 heteroatoms. The molecular weight excluding hydrogens is 432 g/mol. The maximum atomic E-state index is 12.7. The quantitative estimate of drug-likeness (QED) is 0.570. The van der Waals surface area contributed by atoms with Crippen molar-refractivity contribution in [3.63, 3.8) is 0 Å². The molecule has 0 aliphatic carbocycles. The van der Waals surface area contributed by atoms with Gasteiger partial charge in [0.25, 0.3) is 15.9 Å². The van der Waals surface area contributed by atoms with Gasteiger partial charge >= 0.3 is 5.97 Å². The number of nitrogens with zero attached hydrogens (tertiary/aromatic N) is 1. The number of esters is 1. The van der Waals surface area contributed by atoms with Crippen LogP contribution >= 0.6 is 0 Å². The standard InChI is InChI=1S/C22H28N4O5S/c1-4-31-22(28)19-14(2)20(24-15(19)3)21(27)25-16-9-11-17(12-10-16)32(29,30)26-18-8-6-5-7-13-23-18/h9-12,24H,4-8,13H2,1-3H3,(H,23,26)(H,25,27). The molecular formula is C22H28N4O5S. The molecule has 3 rings (SSSR count). The normalized spacial score (nSPS) is 14.3. The lowest BCUT2D eigenvalue weighted by Crippen LogP contribution is -2.30. The fourth-order valence-electron chi connectivity index (χ4n) is 3.57. The first-order valence-electron chi connectivity index (χ1n) is 10.6. The van der Waals surface area contributed by atoms with Gasteiger partial charge in [-0.1, -0.05) is 6.42 Å². The third kappa shape index (κ3) is 5.37. The number of amides is 1. The number of anilines is 1. The van der Waals surface area contributed by atoms with E-state index in [4.69, 9.17) is 4.74 Å². The van der Waals surface area contributed by atoms with Gasteiger partial charge in [-0.3, -0.25) is 14.5 Å². The lowest BCUT2D eigenvalue weighted by Gasteiger charge is -2.11. The van der Waals surface area contributed by atoms with Crippen LogP contribution in [0.4, 0.5) is 5.69 Å². The number of hydrogen-bond donors (Lipinski definition) is 3. The van der Waals surface area contributed by atoms with Crippen molar-refractivity contribution in [2.75, 3.05) is 18.5 Å². The summed E-state index contributed by atoms with van der Waals surface area (Å²) in [7, 11) is -3.75. The van der Waals surface area contributed by atoms with E-state index in [1.54, 1.807) is 20.8 Å². The minimum Gasteiger partial charge on any atom is -0.462 e. The van der Waals surface area contributed by atoms with E-state index < -0.39 is 21.9 Å². The van der Waals surface area contributed by atoms with Gasteiger partial charge < -0.3 is 15.0 Å². The largest absolute Gasteiger partial charge is 0.462 e. The minimum atomic E-state index is -3.75. The average Bonchev–Trinajstić information content (AvgIpc) is 2.89. The van der Waals surface area contributed by atoms with E-state index in [0.29, 0.717) is 41.3 Å². The van der Waals surface area contributed by atoms with E-state index in [9.17, 15) is 18.0 Å². The molecule has 9 nitrogen and oxygen atoms in total. The molecule has 0 atom stereocenters. The van der Waals surface area contributed by atoms with Crippen molar-refractivity contribution in [1.29, 1.82) is 0 Å². The smallest absolute Gasteiger partial charge is 0.340 e. The second-order valence-electron chi connectivity index (χ2n) is 7.57. The number of benzene rings is 1. The molecule has 1 aromatic carbocycles. The number of aromatic nitrogens is 1. The van der Waals surface area contributed by atoms with E-state index >= 15 is 0 Å². The Hall–Kier alpha value is -3.14. The van der Waals surface area contributed by atoms with Crippen LogP contribution in [-0.4, -0.2) is 44.3 Å². The van der Waals surface area contributed by atoms with Gasteiger partial charge in [0.15, 0.2) is 0 Å². The molecule has 32 heavy (non-hydrogen) atoms. The molecule has 1 aliphatic rings. The van der Waals surface area contributed by atoms with Crippen LogP contribution in [0.5, 0.6) is 0 Å². The Balaban J connectivity index is 1.72. The van der Waals surface area contributed by atoms with Crippen LogP contribution in [0.2, 0.25) is 0 Å². The molecule has 1 amide bonds. The molecule has 0 unspecified atom stereocenters. The number of nitrogens with one attached hydrogen (secondary N) is 3. The summed E-state index contributed by atoms with van der Waals surface area (Å²) in [5.74, 6) is -0.448. The lowest BCUT2D eigenvalue weighted by atomic mass is 10.1. The van der Waals surface area contributed by atoms with Gasteiger partial charge in [-0.2, -0.15) is 0 Å². The molecule has 0 radical (unpaired) electrons. The first-order chi connectivity index (χ1) is 15.2. The van der Waals surface area contributed by atoms with Crippen molar-refractivity contribution in [2.24, 2.45) is 4.99 Å². The molecule has 172 valence electrons. The van der Waals surface area contributed by atoms with Gasteiger partial charge in [0, 0.05) is 24.3 Å². The molecule has 0 saturated heterocycles. The maximum Gasteiger partial charge on any atom is 0.340 e. The number of aromatic amines is 1. The molecule has 0 saturated carbocycles. The second-order valence-corrected chi connectivity index (χ2v) is 9.25. The third-order valence-corrected chi connectivity index (χ3v) is 6.59. The summed E-state index contributed by atoms with van der Waals surface area (Å²) in [4.78, 5) is 32.2. The van der Waals surface area contributed by atoms with Crippen LogP contribution in [0, 0.1) is 13.8 Å². The monoisotopic (exact) mass is 460 g/mol. The molecule has 2 heterocycles. The van der Waals surface area contributed by atoms with Crippen molar-refractivity contribution < 1.29 is 22.7 Å². The Morgan fingerprint density at radius 2 is 1.84 bits per heavy atom. The summed E-state index contributed by atoms with van der Waals surface area (Å²) in [6.07, 6.45) is 3.50. The molecule has 1 aliphatic heterocycles. The molecule has 0 spiro atoms. The van der Waals surface area contributed by atoms with E-state index in [0.717, 1.165) is 19.3 Å². The summed E-state index contributed by atoms with van der Waals surface area (Å²) >= 11 is 0. The van der Waals surface area contributed by atoms with E-state index in [1.807, 2.05) is 0 Å². The fraction of sp³-hybridized carbons (Fsp3) is 0.409. The van der Waals surface area contributed by atoms with Crippen LogP contribution in [0.25, 0.3) is 0 Å². The molecule has 0 fully saturated rings.